The van der Waals surface area contributed by atoms with E-state index < -0.39 is 23.9 Å². The molecule has 1 heterocycles. The van der Waals surface area contributed by atoms with Crippen LogP contribution in [-0.4, -0.2) is 76.7 Å². The molecule has 1 aliphatic heterocycles. The van der Waals surface area contributed by atoms with Gasteiger partial charge in [0.15, 0.2) is 0 Å². The van der Waals surface area contributed by atoms with Gasteiger partial charge in [-0.2, -0.15) is 0 Å². The highest BCUT2D eigenvalue weighted by Gasteiger charge is 2.21. The maximum absolute atomic E-state index is 12.8. The summed E-state index contributed by atoms with van der Waals surface area (Å²) in [6.45, 7) is 9.26. The summed E-state index contributed by atoms with van der Waals surface area (Å²) in [6, 6.07) is 34.2. The lowest BCUT2D eigenvalue weighted by molar-refractivity contribution is -0.138. The first kappa shape index (κ1) is 47.9. The Bertz CT molecular complexity index is 2820. The van der Waals surface area contributed by atoms with Gasteiger partial charge in [0, 0.05) is 48.1 Å². The van der Waals surface area contributed by atoms with Gasteiger partial charge in [-0.3, -0.25) is 0 Å². The molecule has 68 heavy (non-hydrogen) atoms. The Balaban J connectivity index is 0.913. The standard InChI is InChI=1S/C56H52O12/c1-3-51(57)65-33-9-31-61-45-21-15-41(16-22-45)55(59)67-29-7-5-6-11-39-13-25-47-43(37-39)19-27-49-53(47)54-48-26-14-40(38-44(48)20-28-50(54)64-36-35-63-49)12-8-30-68-56(60)42-17-23-46(24-18-42)62-32-10-34-66-52(58)4-2/h3-4,13-28,37-38H,1-2,5,7-10,12,29-36H2. The van der Waals surface area contributed by atoms with Crippen LogP contribution in [0.4, 0.5) is 0 Å². The lowest BCUT2D eigenvalue weighted by Crippen LogP contribution is -2.13. The minimum absolute atomic E-state index is 0.235. The Labute approximate surface area is 395 Å². The van der Waals surface area contributed by atoms with Gasteiger partial charge in [0.05, 0.1) is 50.8 Å². The van der Waals surface area contributed by atoms with Gasteiger partial charge in [-0.1, -0.05) is 61.4 Å². The topological polar surface area (TPSA) is 142 Å². The first-order valence-electron chi connectivity index (χ1n) is 22.6. The highest BCUT2D eigenvalue weighted by molar-refractivity contribution is 6.10. The molecule has 6 aromatic carbocycles. The van der Waals surface area contributed by atoms with Crippen molar-refractivity contribution in [2.75, 3.05) is 52.9 Å². The van der Waals surface area contributed by atoms with Crippen LogP contribution < -0.4 is 18.9 Å². The van der Waals surface area contributed by atoms with E-state index in [1.165, 1.54) is 0 Å². The summed E-state index contributed by atoms with van der Waals surface area (Å²) in [4.78, 5) is 47.6. The fourth-order valence-corrected chi connectivity index (χ4v) is 7.40. The molecule has 0 amide bonds. The maximum Gasteiger partial charge on any atom is 0.338 e. The normalized spacial score (nSPS) is 11.4. The third kappa shape index (κ3) is 13.3. The molecule has 0 atom stereocenters. The van der Waals surface area contributed by atoms with Crippen molar-refractivity contribution in [3.05, 3.63) is 157 Å². The number of aryl methyl sites for hydroxylation is 1. The summed E-state index contributed by atoms with van der Waals surface area (Å²) >= 11 is 0. The van der Waals surface area contributed by atoms with Crippen molar-refractivity contribution in [3.63, 3.8) is 0 Å². The van der Waals surface area contributed by atoms with Crippen molar-refractivity contribution in [1.29, 1.82) is 0 Å². The van der Waals surface area contributed by atoms with Crippen LogP contribution in [-0.2, 0) is 35.0 Å². The second-order valence-electron chi connectivity index (χ2n) is 15.5. The molecule has 7 rings (SSSR count). The van der Waals surface area contributed by atoms with E-state index in [1.807, 2.05) is 18.2 Å². The summed E-state index contributed by atoms with van der Waals surface area (Å²) in [5.74, 6) is 7.50. The number of ether oxygens (including phenoxy) is 8. The van der Waals surface area contributed by atoms with E-state index in [0.717, 1.165) is 73.9 Å². The van der Waals surface area contributed by atoms with Crippen LogP contribution in [0, 0.1) is 11.8 Å². The van der Waals surface area contributed by atoms with Crippen molar-refractivity contribution in [2.45, 2.75) is 38.5 Å². The number of hydrogen-bond acceptors (Lipinski definition) is 12. The average molecular weight is 917 g/mol. The first-order chi connectivity index (χ1) is 33.3. The number of esters is 4. The molecule has 0 fully saturated rings. The smallest absolute Gasteiger partial charge is 0.338 e. The molecule has 12 nitrogen and oxygen atoms in total. The molecule has 348 valence electrons. The molecule has 0 saturated carbocycles. The second-order valence-corrected chi connectivity index (χ2v) is 15.5. The van der Waals surface area contributed by atoms with Crippen LogP contribution in [0.3, 0.4) is 0 Å². The molecule has 6 aromatic rings. The van der Waals surface area contributed by atoms with Crippen LogP contribution in [0.15, 0.2) is 135 Å². The van der Waals surface area contributed by atoms with Gasteiger partial charge in [-0.15, -0.1) is 0 Å². The lowest BCUT2D eigenvalue weighted by atomic mass is 9.90. The molecule has 1 aliphatic rings. The van der Waals surface area contributed by atoms with E-state index in [0.29, 0.717) is 81.2 Å². The van der Waals surface area contributed by atoms with Crippen LogP contribution in [0.1, 0.15) is 63.9 Å². The van der Waals surface area contributed by atoms with Gasteiger partial charge < -0.3 is 37.9 Å². The van der Waals surface area contributed by atoms with Crippen LogP contribution in [0.5, 0.6) is 23.0 Å². The summed E-state index contributed by atoms with van der Waals surface area (Å²) in [5.41, 5.74) is 4.77. The molecule has 0 bridgehead atoms. The number of unbranched alkanes of at least 4 members (excludes halogenated alkanes) is 1. The highest BCUT2D eigenvalue weighted by atomic mass is 16.5. The summed E-state index contributed by atoms with van der Waals surface area (Å²) in [7, 11) is 0. The number of rotatable bonds is 21. The molecule has 0 N–H and O–H groups in total. The predicted octanol–water partition coefficient (Wildman–Crippen LogP) is 10.2. The summed E-state index contributed by atoms with van der Waals surface area (Å²) in [5, 5.41) is 4.12. The van der Waals surface area contributed by atoms with Gasteiger partial charge >= 0.3 is 23.9 Å². The maximum atomic E-state index is 12.8. The Morgan fingerprint density at radius 1 is 0.529 bits per heavy atom. The second kappa shape index (κ2) is 24.5. The van der Waals surface area contributed by atoms with Gasteiger partial charge in [-0.25, -0.2) is 19.2 Å². The molecule has 0 saturated heterocycles. The number of carbonyl (C=O) groups excluding carboxylic acids is 4. The Hall–Kier alpha value is -8.04. The van der Waals surface area contributed by atoms with Crippen molar-refractivity contribution in [3.8, 4) is 46.0 Å². The zero-order valence-corrected chi connectivity index (χ0v) is 37.8. The monoisotopic (exact) mass is 916 g/mol. The van der Waals surface area contributed by atoms with E-state index in [2.05, 4.69) is 67.5 Å². The van der Waals surface area contributed by atoms with E-state index in [1.54, 1.807) is 48.5 Å². The molecule has 12 heteroatoms. The van der Waals surface area contributed by atoms with Crippen LogP contribution in [0.2, 0.25) is 0 Å². The van der Waals surface area contributed by atoms with E-state index in [9.17, 15) is 19.2 Å². The Morgan fingerprint density at radius 2 is 1.03 bits per heavy atom. The third-order valence-electron chi connectivity index (χ3n) is 10.7. The summed E-state index contributed by atoms with van der Waals surface area (Å²) in [6.07, 6.45) is 5.80. The molecule has 0 spiro atoms. The number of carbonyl (C=O) groups is 4. The van der Waals surface area contributed by atoms with E-state index in [-0.39, 0.29) is 26.4 Å². The van der Waals surface area contributed by atoms with Crippen molar-refractivity contribution in [2.24, 2.45) is 0 Å². The van der Waals surface area contributed by atoms with E-state index in [4.69, 9.17) is 37.9 Å². The largest absolute Gasteiger partial charge is 0.493 e. The fraction of sp³-hybridized carbons (Fsp3) is 0.250. The molecule has 0 radical (unpaired) electrons. The van der Waals surface area contributed by atoms with Gasteiger partial charge in [-0.05, 0) is 119 Å². The zero-order valence-electron chi connectivity index (χ0n) is 37.8. The van der Waals surface area contributed by atoms with Crippen molar-refractivity contribution >= 4 is 45.4 Å². The number of benzene rings is 6. The fourth-order valence-electron chi connectivity index (χ4n) is 7.40. The zero-order chi connectivity index (χ0) is 47.5. The van der Waals surface area contributed by atoms with Gasteiger partial charge in [0.2, 0.25) is 0 Å². The molecule has 0 aliphatic carbocycles. The highest BCUT2D eigenvalue weighted by Crippen LogP contribution is 2.46. The average Bonchev–Trinajstić information content (AvgIpc) is 3.36. The molecular formula is C56H52O12. The van der Waals surface area contributed by atoms with Crippen molar-refractivity contribution < 1.29 is 57.1 Å². The Kier molecular flexibility index (Phi) is 17.2. The van der Waals surface area contributed by atoms with Gasteiger partial charge in [0.1, 0.15) is 36.2 Å². The first-order valence-corrected chi connectivity index (χ1v) is 22.6. The third-order valence-corrected chi connectivity index (χ3v) is 10.7. The predicted molar refractivity (Wildman–Crippen MR) is 258 cm³/mol. The van der Waals surface area contributed by atoms with Crippen LogP contribution >= 0.6 is 0 Å². The molecule has 0 unspecified atom stereocenters. The Morgan fingerprint density at radius 3 is 1.57 bits per heavy atom. The number of fused-ring (bicyclic) bond motifs is 7. The quantitative estimate of drug-likeness (QED) is 0.0223. The van der Waals surface area contributed by atoms with Gasteiger partial charge in [0.25, 0.3) is 0 Å². The minimum atomic E-state index is -0.469. The molecule has 0 aromatic heterocycles. The van der Waals surface area contributed by atoms with E-state index >= 15 is 0 Å². The minimum Gasteiger partial charge on any atom is -0.493 e. The number of hydrogen-bond donors (Lipinski definition) is 0. The van der Waals surface area contributed by atoms with Crippen LogP contribution in [0.25, 0.3) is 32.7 Å². The SMILES string of the molecule is C=CC(=O)OCCCOc1ccc(C(=O)OCCCC#Cc2ccc3c4c(ccc3c2)OCCOc2ccc3cc(CCCOC(=O)c5ccc(OCCCOC(=O)C=C)cc5)ccc3c2-4)cc1. The lowest BCUT2D eigenvalue weighted by Gasteiger charge is -2.22. The van der Waals surface area contributed by atoms with Crippen molar-refractivity contribution in [1.82, 2.24) is 0 Å². The molecular weight excluding hydrogens is 865 g/mol. The summed E-state index contributed by atoms with van der Waals surface area (Å²) < 4.78 is 44.8.